The highest BCUT2D eigenvalue weighted by molar-refractivity contribution is 5.49. The summed E-state index contributed by atoms with van der Waals surface area (Å²) in [5, 5.41) is 2.91. The van der Waals surface area contributed by atoms with Crippen molar-refractivity contribution < 1.29 is 0 Å². The normalized spacial score (nSPS) is 13.5. The number of aryl methyl sites for hydroxylation is 1. The first-order chi connectivity index (χ1) is 7.31. The molecule has 1 aromatic rings. The Morgan fingerprint density at radius 1 is 1.20 bits per heavy atom. The number of rotatable bonds is 1. The van der Waals surface area contributed by atoms with Gasteiger partial charge in [0.05, 0.1) is 0 Å². The van der Waals surface area contributed by atoms with Gasteiger partial charge in [-0.1, -0.05) is 50.6 Å². The molecule has 0 heterocycles. The van der Waals surface area contributed by atoms with E-state index in [2.05, 4.69) is 38.1 Å². The van der Waals surface area contributed by atoms with E-state index < -0.39 is 0 Å². The highest BCUT2D eigenvalue weighted by atomic mass is 14.0. The lowest BCUT2D eigenvalue weighted by molar-refractivity contribution is 1.05. The first-order valence-electron chi connectivity index (χ1n) is 6.10. The molecule has 1 aromatic carbocycles. The number of fused-ring (bicyclic) bond motifs is 1. The van der Waals surface area contributed by atoms with Gasteiger partial charge in [0.15, 0.2) is 0 Å². The molecule has 0 bridgehead atoms. The van der Waals surface area contributed by atoms with Crippen molar-refractivity contribution in [1.82, 2.24) is 0 Å². The summed E-state index contributed by atoms with van der Waals surface area (Å²) in [6.07, 6.45) is 5.94. The lowest BCUT2D eigenvalue weighted by atomic mass is 9.99. The van der Waals surface area contributed by atoms with Crippen molar-refractivity contribution in [2.75, 3.05) is 0 Å². The lowest BCUT2D eigenvalue weighted by Gasteiger charge is -2.07. The second-order valence-corrected chi connectivity index (χ2v) is 3.80. The average Bonchev–Trinajstić information content (AvgIpc) is 2.32. The Labute approximate surface area is 93.3 Å². The zero-order chi connectivity index (χ0) is 11.3. The largest absolute Gasteiger partial charge is 0.0763 e. The SMILES string of the molecule is CC.CCc1ccc2c(c1)=C(C)CCC=2. The van der Waals surface area contributed by atoms with Crippen LogP contribution >= 0.6 is 0 Å². The molecular weight excluding hydrogens is 180 g/mol. The zero-order valence-corrected chi connectivity index (χ0v) is 10.4. The second-order valence-electron chi connectivity index (χ2n) is 3.80. The van der Waals surface area contributed by atoms with E-state index in [1.54, 1.807) is 5.57 Å². The fourth-order valence-electron chi connectivity index (χ4n) is 1.95. The van der Waals surface area contributed by atoms with Gasteiger partial charge in [-0.3, -0.25) is 0 Å². The van der Waals surface area contributed by atoms with E-state index in [1.807, 2.05) is 13.8 Å². The summed E-state index contributed by atoms with van der Waals surface area (Å²) < 4.78 is 0. The zero-order valence-electron chi connectivity index (χ0n) is 10.4. The van der Waals surface area contributed by atoms with Crippen molar-refractivity contribution in [3.05, 3.63) is 34.2 Å². The summed E-state index contributed by atoms with van der Waals surface area (Å²) in [5.74, 6) is 0. The van der Waals surface area contributed by atoms with Gasteiger partial charge in [0.2, 0.25) is 0 Å². The third-order valence-corrected chi connectivity index (χ3v) is 2.87. The van der Waals surface area contributed by atoms with E-state index in [0.29, 0.717) is 0 Å². The van der Waals surface area contributed by atoms with Crippen molar-refractivity contribution in [1.29, 1.82) is 0 Å². The summed E-state index contributed by atoms with van der Waals surface area (Å²) in [7, 11) is 0. The van der Waals surface area contributed by atoms with E-state index in [0.717, 1.165) is 6.42 Å². The van der Waals surface area contributed by atoms with Crippen LogP contribution in [-0.2, 0) is 6.42 Å². The molecule has 82 valence electrons. The van der Waals surface area contributed by atoms with Crippen LogP contribution in [-0.4, -0.2) is 0 Å². The summed E-state index contributed by atoms with van der Waals surface area (Å²) in [4.78, 5) is 0. The van der Waals surface area contributed by atoms with E-state index in [9.17, 15) is 0 Å². The minimum Gasteiger partial charge on any atom is -0.0763 e. The molecule has 0 saturated carbocycles. The maximum absolute atomic E-state index is 2.35. The number of benzene rings is 1. The van der Waals surface area contributed by atoms with E-state index in [-0.39, 0.29) is 0 Å². The van der Waals surface area contributed by atoms with Crippen molar-refractivity contribution in [2.24, 2.45) is 0 Å². The molecule has 0 N–H and O–H groups in total. The molecule has 0 unspecified atom stereocenters. The van der Waals surface area contributed by atoms with Crippen LogP contribution in [0.25, 0.3) is 11.6 Å². The van der Waals surface area contributed by atoms with Gasteiger partial charge < -0.3 is 0 Å². The van der Waals surface area contributed by atoms with Gasteiger partial charge in [0.1, 0.15) is 0 Å². The Bertz CT molecular complexity index is 424. The maximum atomic E-state index is 2.35. The molecule has 0 saturated heterocycles. The summed E-state index contributed by atoms with van der Waals surface area (Å²) >= 11 is 0. The van der Waals surface area contributed by atoms with Gasteiger partial charge >= 0.3 is 0 Å². The summed E-state index contributed by atoms with van der Waals surface area (Å²) in [6.45, 7) is 8.47. The quantitative estimate of drug-likeness (QED) is 0.656. The molecule has 0 spiro atoms. The Morgan fingerprint density at radius 3 is 2.60 bits per heavy atom. The standard InChI is InChI=1S/C13H16.C2H6/c1-3-11-7-8-12-6-4-5-10(2)13(12)9-11;1-2/h6-9H,3-5H2,1-2H3;1-2H3. The molecule has 0 aliphatic heterocycles. The molecule has 0 nitrogen and oxygen atoms in total. The predicted octanol–water partition coefficient (Wildman–Crippen LogP) is 3.02. The van der Waals surface area contributed by atoms with Crippen LogP contribution in [0, 0.1) is 0 Å². The molecule has 0 amide bonds. The molecule has 0 radical (unpaired) electrons. The number of hydrogen-bond donors (Lipinski definition) is 0. The molecule has 15 heavy (non-hydrogen) atoms. The first kappa shape index (κ1) is 12.0. The van der Waals surface area contributed by atoms with Crippen LogP contribution < -0.4 is 10.4 Å². The van der Waals surface area contributed by atoms with Crippen LogP contribution in [0.5, 0.6) is 0 Å². The molecule has 0 fully saturated rings. The molecular formula is C15H22. The minimum atomic E-state index is 1.14. The molecule has 1 aliphatic rings. The first-order valence-corrected chi connectivity index (χ1v) is 6.10. The Hall–Kier alpha value is -1.04. The van der Waals surface area contributed by atoms with Crippen LogP contribution in [0.2, 0.25) is 0 Å². The maximum Gasteiger partial charge on any atom is -0.0195 e. The topological polar surface area (TPSA) is 0 Å². The fourth-order valence-corrected chi connectivity index (χ4v) is 1.95. The number of hydrogen-bond acceptors (Lipinski definition) is 0. The van der Waals surface area contributed by atoms with E-state index in [4.69, 9.17) is 0 Å². The van der Waals surface area contributed by atoms with Crippen LogP contribution in [0.4, 0.5) is 0 Å². The average molecular weight is 202 g/mol. The Kier molecular flexibility index (Phi) is 4.61. The van der Waals surface area contributed by atoms with Crippen LogP contribution in [0.1, 0.15) is 46.1 Å². The van der Waals surface area contributed by atoms with Crippen molar-refractivity contribution in [2.45, 2.75) is 47.0 Å². The third kappa shape index (κ3) is 2.71. The highest BCUT2D eigenvalue weighted by Gasteiger charge is 1.99. The highest BCUT2D eigenvalue weighted by Crippen LogP contribution is 2.06. The van der Waals surface area contributed by atoms with Gasteiger partial charge in [-0.05, 0) is 42.2 Å². The van der Waals surface area contributed by atoms with Crippen LogP contribution in [0.3, 0.4) is 0 Å². The third-order valence-electron chi connectivity index (χ3n) is 2.87. The predicted molar refractivity (Wildman–Crippen MR) is 69.2 cm³/mol. The molecule has 0 heteroatoms. The van der Waals surface area contributed by atoms with Gasteiger partial charge in [-0.2, -0.15) is 0 Å². The summed E-state index contributed by atoms with van der Waals surface area (Å²) in [5.41, 5.74) is 3.00. The lowest BCUT2D eigenvalue weighted by Crippen LogP contribution is -2.29. The molecule has 2 rings (SSSR count). The van der Waals surface area contributed by atoms with Crippen molar-refractivity contribution >= 4 is 11.6 Å². The van der Waals surface area contributed by atoms with Gasteiger partial charge in [0, 0.05) is 0 Å². The van der Waals surface area contributed by atoms with Crippen LogP contribution in [0.15, 0.2) is 18.2 Å². The van der Waals surface area contributed by atoms with Gasteiger partial charge in [-0.15, -0.1) is 0 Å². The summed E-state index contributed by atoms with van der Waals surface area (Å²) in [6, 6.07) is 6.85. The second kappa shape index (κ2) is 5.75. The van der Waals surface area contributed by atoms with Gasteiger partial charge in [-0.25, -0.2) is 0 Å². The Balaban J connectivity index is 0.000000531. The monoisotopic (exact) mass is 202 g/mol. The molecule has 0 atom stereocenters. The van der Waals surface area contributed by atoms with Crippen molar-refractivity contribution in [3.63, 3.8) is 0 Å². The molecule has 1 aliphatic carbocycles. The van der Waals surface area contributed by atoms with E-state index in [1.165, 1.54) is 28.8 Å². The molecule has 0 aromatic heterocycles. The minimum absolute atomic E-state index is 1.14. The van der Waals surface area contributed by atoms with Crippen molar-refractivity contribution in [3.8, 4) is 0 Å². The fraction of sp³-hybridized carbons (Fsp3) is 0.467. The smallest absolute Gasteiger partial charge is 0.0195 e. The van der Waals surface area contributed by atoms with Gasteiger partial charge in [0.25, 0.3) is 0 Å². The van der Waals surface area contributed by atoms with E-state index >= 15 is 0 Å². The Morgan fingerprint density at radius 2 is 1.93 bits per heavy atom.